The molecule has 2 aromatic rings. The zero-order valence-electron chi connectivity index (χ0n) is 10.8. The van der Waals surface area contributed by atoms with Crippen LogP contribution in [0, 0.1) is 12.7 Å². The summed E-state index contributed by atoms with van der Waals surface area (Å²) in [4.78, 5) is 4.39. The summed E-state index contributed by atoms with van der Waals surface area (Å²) in [5, 5.41) is 6.26. The highest BCUT2D eigenvalue weighted by atomic mass is 79.9. The maximum absolute atomic E-state index is 13.5. The predicted molar refractivity (Wildman–Crippen MR) is 80.5 cm³/mol. The number of aromatic nitrogens is 1. The molecule has 0 saturated heterocycles. The van der Waals surface area contributed by atoms with Gasteiger partial charge in [0.1, 0.15) is 17.5 Å². The fraction of sp³-hybridized carbons (Fsp3) is 0.214. The number of pyridine rings is 1. The first kappa shape index (κ1) is 13.8. The molecule has 0 unspecified atom stereocenters. The average Bonchev–Trinajstić information content (AvgIpc) is 2.37. The van der Waals surface area contributed by atoms with Gasteiger partial charge in [-0.05, 0) is 59.6 Å². The van der Waals surface area contributed by atoms with Crippen LogP contribution in [0.15, 0.2) is 34.8 Å². The maximum atomic E-state index is 13.5. The molecule has 1 aromatic heterocycles. The van der Waals surface area contributed by atoms with E-state index in [2.05, 4.69) is 31.5 Å². The number of halogens is 2. The smallest absolute Gasteiger partial charge is 0.139 e. The third-order valence-corrected chi connectivity index (χ3v) is 3.24. The number of nitrogens with one attached hydrogen (secondary N) is 2. The van der Waals surface area contributed by atoms with E-state index >= 15 is 0 Å². The molecule has 100 valence electrons. The third-order valence-electron chi connectivity index (χ3n) is 2.64. The van der Waals surface area contributed by atoms with Gasteiger partial charge >= 0.3 is 0 Å². The predicted octanol–water partition coefficient (Wildman–Crippen LogP) is 4.47. The van der Waals surface area contributed by atoms with E-state index in [1.807, 2.05) is 32.0 Å². The minimum atomic E-state index is -0.295. The van der Waals surface area contributed by atoms with Gasteiger partial charge in [0.25, 0.3) is 0 Å². The number of nitrogens with zero attached hydrogens (tertiary/aromatic N) is 1. The van der Waals surface area contributed by atoms with Crippen LogP contribution in [0.3, 0.4) is 0 Å². The second-order valence-corrected chi connectivity index (χ2v) is 5.00. The van der Waals surface area contributed by atoms with Crippen molar-refractivity contribution in [1.29, 1.82) is 0 Å². The first-order valence-electron chi connectivity index (χ1n) is 6.03. The van der Waals surface area contributed by atoms with Crippen LogP contribution in [0.4, 0.5) is 21.7 Å². The Bertz CT molecular complexity index is 587. The van der Waals surface area contributed by atoms with Gasteiger partial charge in [-0.3, -0.25) is 0 Å². The molecule has 0 amide bonds. The molecule has 0 spiro atoms. The summed E-state index contributed by atoms with van der Waals surface area (Å²) < 4.78 is 14.0. The molecule has 0 bridgehead atoms. The second-order valence-electron chi connectivity index (χ2n) is 4.14. The Morgan fingerprint density at radius 2 is 2.00 bits per heavy atom. The van der Waals surface area contributed by atoms with E-state index < -0.39 is 0 Å². The van der Waals surface area contributed by atoms with Gasteiger partial charge in [-0.25, -0.2) is 9.37 Å². The Hall–Kier alpha value is -1.62. The van der Waals surface area contributed by atoms with Gasteiger partial charge in [0.05, 0.1) is 4.47 Å². The Balaban J connectivity index is 2.25. The van der Waals surface area contributed by atoms with Crippen molar-refractivity contribution in [3.8, 4) is 0 Å². The molecule has 0 aliphatic heterocycles. The van der Waals surface area contributed by atoms with Gasteiger partial charge < -0.3 is 10.6 Å². The fourth-order valence-electron chi connectivity index (χ4n) is 1.70. The SMILES string of the molecule is CCNc1cccc(Nc2cc(F)c(Br)cc2C)n1. The average molecular weight is 324 g/mol. The van der Waals surface area contributed by atoms with Crippen molar-refractivity contribution in [2.75, 3.05) is 17.2 Å². The lowest BCUT2D eigenvalue weighted by molar-refractivity contribution is 0.621. The van der Waals surface area contributed by atoms with E-state index in [0.29, 0.717) is 16.0 Å². The van der Waals surface area contributed by atoms with E-state index in [1.54, 1.807) is 6.07 Å². The Kier molecular flexibility index (Phi) is 4.37. The van der Waals surface area contributed by atoms with Crippen LogP contribution >= 0.6 is 15.9 Å². The lowest BCUT2D eigenvalue weighted by atomic mass is 10.2. The van der Waals surface area contributed by atoms with Crippen molar-refractivity contribution < 1.29 is 4.39 Å². The van der Waals surface area contributed by atoms with Crippen LogP contribution < -0.4 is 10.6 Å². The molecular formula is C14H15BrFN3. The summed E-state index contributed by atoms with van der Waals surface area (Å²) in [6.45, 7) is 4.74. The first-order chi connectivity index (χ1) is 9.10. The van der Waals surface area contributed by atoms with Crippen LogP contribution in [0.5, 0.6) is 0 Å². The van der Waals surface area contributed by atoms with E-state index in [-0.39, 0.29) is 5.82 Å². The minimum absolute atomic E-state index is 0.295. The molecule has 3 nitrogen and oxygen atoms in total. The largest absolute Gasteiger partial charge is 0.370 e. The quantitative estimate of drug-likeness (QED) is 0.871. The number of anilines is 3. The van der Waals surface area contributed by atoms with Gasteiger partial charge in [-0.1, -0.05) is 6.07 Å². The monoisotopic (exact) mass is 323 g/mol. The van der Waals surface area contributed by atoms with Gasteiger partial charge in [0.2, 0.25) is 0 Å². The molecule has 19 heavy (non-hydrogen) atoms. The lowest BCUT2D eigenvalue weighted by Crippen LogP contribution is -2.02. The van der Waals surface area contributed by atoms with Crippen molar-refractivity contribution in [2.24, 2.45) is 0 Å². The molecule has 1 heterocycles. The van der Waals surface area contributed by atoms with Crippen LogP contribution in [-0.4, -0.2) is 11.5 Å². The molecule has 0 aliphatic rings. The number of hydrogen-bond acceptors (Lipinski definition) is 3. The van der Waals surface area contributed by atoms with E-state index in [0.717, 1.165) is 17.9 Å². The molecule has 5 heteroatoms. The van der Waals surface area contributed by atoms with Gasteiger partial charge in [0, 0.05) is 12.2 Å². The highest BCUT2D eigenvalue weighted by Gasteiger charge is 2.06. The van der Waals surface area contributed by atoms with Crippen molar-refractivity contribution >= 4 is 33.3 Å². The van der Waals surface area contributed by atoms with E-state index in [9.17, 15) is 4.39 Å². The molecule has 2 rings (SSSR count). The molecule has 0 fully saturated rings. The fourth-order valence-corrected chi connectivity index (χ4v) is 2.16. The third kappa shape index (κ3) is 3.44. The van der Waals surface area contributed by atoms with Crippen molar-refractivity contribution in [2.45, 2.75) is 13.8 Å². The van der Waals surface area contributed by atoms with Gasteiger partial charge in [-0.15, -0.1) is 0 Å². The van der Waals surface area contributed by atoms with Gasteiger partial charge in [0.15, 0.2) is 0 Å². The molecule has 0 radical (unpaired) electrons. The number of aryl methyl sites for hydroxylation is 1. The van der Waals surface area contributed by atoms with Crippen molar-refractivity contribution in [3.05, 3.63) is 46.2 Å². The lowest BCUT2D eigenvalue weighted by Gasteiger charge is -2.11. The topological polar surface area (TPSA) is 37.0 Å². The highest BCUT2D eigenvalue weighted by Crippen LogP contribution is 2.26. The molecule has 0 saturated carbocycles. The second kappa shape index (κ2) is 6.02. The number of hydrogen-bond donors (Lipinski definition) is 2. The van der Waals surface area contributed by atoms with Crippen LogP contribution in [-0.2, 0) is 0 Å². The van der Waals surface area contributed by atoms with Crippen LogP contribution in [0.2, 0.25) is 0 Å². The van der Waals surface area contributed by atoms with Crippen molar-refractivity contribution in [1.82, 2.24) is 4.98 Å². The Morgan fingerprint density at radius 1 is 1.26 bits per heavy atom. The molecular weight excluding hydrogens is 309 g/mol. The summed E-state index contributed by atoms with van der Waals surface area (Å²) in [6.07, 6.45) is 0. The molecule has 0 aliphatic carbocycles. The highest BCUT2D eigenvalue weighted by molar-refractivity contribution is 9.10. The molecule has 0 atom stereocenters. The van der Waals surface area contributed by atoms with E-state index in [4.69, 9.17) is 0 Å². The zero-order chi connectivity index (χ0) is 13.8. The number of rotatable bonds is 4. The van der Waals surface area contributed by atoms with Crippen LogP contribution in [0.25, 0.3) is 0 Å². The summed E-state index contributed by atoms with van der Waals surface area (Å²) in [6, 6.07) is 8.84. The molecule has 2 N–H and O–H groups in total. The number of benzene rings is 1. The van der Waals surface area contributed by atoms with Crippen LogP contribution in [0.1, 0.15) is 12.5 Å². The van der Waals surface area contributed by atoms with E-state index in [1.165, 1.54) is 6.07 Å². The Morgan fingerprint density at radius 3 is 2.74 bits per heavy atom. The maximum Gasteiger partial charge on any atom is 0.139 e. The summed E-state index contributed by atoms with van der Waals surface area (Å²) in [5.74, 6) is 1.18. The summed E-state index contributed by atoms with van der Waals surface area (Å²) in [7, 11) is 0. The Labute approximate surface area is 120 Å². The summed E-state index contributed by atoms with van der Waals surface area (Å²) >= 11 is 3.17. The zero-order valence-corrected chi connectivity index (χ0v) is 12.4. The van der Waals surface area contributed by atoms with Crippen molar-refractivity contribution in [3.63, 3.8) is 0 Å². The normalized spacial score (nSPS) is 10.3. The van der Waals surface area contributed by atoms with Gasteiger partial charge in [-0.2, -0.15) is 0 Å². The summed E-state index contributed by atoms with van der Waals surface area (Å²) in [5.41, 5.74) is 1.66. The molecule has 1 aromatic carbocycles. The first-order valence-corrected chi connectivity index (χ1v) is 6.83. The minimum Gasteiger partial charge on any atom is -0.370 e. The standard InChI is InChI=1S/C14H15BrFN3/c1-3-17-13-5-4-6-14(19-13)18-12-8-11(16)10(15)7-9(12)2/h4-8H,3H2,1-2H3,(H2,17,18,19).